The van der Waals surface area contributed by atoms with Crippen molar-refractivity contribution in [3.8, 4) is 0 Å². The van der Waals surface area contributed by atoms with Crippen LogP contribution in [-0.4, -0.2) is 32.4 Å². The normalized spacial score (nSPS) is 21.2. The third kappa shape index (κ3) is 3.77. The van der Waals surface area contributed by atoms with E-state index in [0.717, 1.165) is 31.2 Å². The smallest absolute Gasteiger partial charge is 0.243 e. The molecule has 0 spiro atoms. The molecule has 118 valence electrons. The third-order valence-corrected chi connectivity index (χ3v) is 6.36. The molecule has 1 heterocycles. The molecule has 4 nitrogen and oxygen atoms in total. The predicted octanol–water partition coefficient (Wildman–Crippen LogP) is 3.01. The second-order valence-corrected chi connectivity index (χ2v) is 7.90. The Morgan fingerprint density at radius 3 is 2.81 bits per heavy atom. The first-order valence-corrected chi connectivity index (χ1v) is 9.23. The highest BCUT2D eigenvalue weighted by Gasteiger charge is 2.30. The summed E-state index contributed by atoms with van der Waals surface area (Å²) in [7, 11) is -1.63. The van der Waals surface area contributed by atoms with E-state index in [0.29, 0.717) is 23.0 Å². The molecule has 21 heavy (non-hydrogen) atoms. The van der Waals surface area contributed by atoms with Crippen molar-refractivity contribution in [3.05, 3.63) is 28.8 Å². The van der Waals surface area contributed by atoms with Gasteiger partial charge in [0.2, 0.25) is 10.0 Å². The van der Waals surface area contributed by atoms with Crippen LogP contribution in [0.5, 0.6) is 0 Å². The standard InChI is InChI=1S/C15H23ClN2O2S/c1-12-6-4-3-5-9-18(12)21(19,20)14-7-8-15(16)13(10-14)11-17-2/h7-8,10,12,17H,3-6,9,11H2,1-2H3. The molecule has 6 heteroatoms. The molecule has 0 radical (unpaired) electrons. The summed E-state index contributed by atoms with van der Waals surface area (Å²) in [5, 5.41) is 3.60. The van der Waals surface area contributed by atoms with Gasteiger partial charge in [-0.05, 0) is 50.6 Å². The van der Waals surface area contributed by atoms with E-state index in [-0.39, 0.29) is 6.04 Å². The molecule has 1 fully saturated rings. The van der Waals surface area contributed by atoms with Crippen molar-refractivity contribution in [2.45, 2.75) is 50.1 Å². The summed E-state index contributed by atoms with van der Waals surface area (Å²) >= 11 is 6.12. The van der Waals surface area contributed by atoms with Crippen LogP contribution in [0.2, 0.25) is 5.02 Å². The first kappa shape index (κ1) is 16.7. The van der Waals surface area contributed by atoms with E-state index in [1.165, 1.54) is 0 Å². The monoisotopic (exact) mass is 330 g/mol. The third-order valence-electron chi connectivity index (χ3n) is 3.98. The van der Waals surface area contributed by atoms with Gasteiger partial charge in [0.25, 0.3) is 0 Å². The molecule has 2 rings (SSSR count). The lowest BCUT2D eigenvalue weighted by molar-refractivity contribution is 0.342. The van der Waals surface area contributed by atoms with Crippen molar-refractivity contribution in [2.24, 2.45) is 0 Å². The highest BCUT2D eigenvalue weighted by Crippen LogP contribution is 2.27. The summed E-state index contributed by atoms with van der Waals surface area (Å²) in [4.78, 5) is 0.339. The summed E-state index contributed by atoms with van der Waals surface area (Å²) in [6.45, 7) is 3.15. The van der Waals surface area contributed by atoms with E-state index in [4.69, 9.17) is 11.6 Å². The van der Waals surface area contributed by atoms with E-state index in [1.54, 1.807) is 22.5 Å². The minimum absolute atomic E-state index is 0.0564. The molecular formula is C15H23ClN2O2S. The molecular weight excluding hydrogens is 308 g/mol. The molecule has 1 aliphatic heterocycles. The molecule has 0 bridgehead atoms. The molecule has 1 atom stereocenters. The van der Waals surface area contributed by atoms with Crippen LogP contribution in [0.3, 0.4) is 0 Å². The van der Waals surface area contributed by atoms with Gasteiger partial charge in [-0.1, -0.05) is 24.4 Å². The summed E-state index contributed by atoms with van der Waals surface area (Å²) < 4.78 is 27.4. The number of sulfonamides is 1. The van der Waals surface area contributed by atoms with Gasteiger partial charge in [0.05, 0.1) is 4.90 Å². The van der Waals surface area contributed by atoms with Crippen LogP contribution >= 0.6 is 11.6 Å². The van der Waals surface area contributed by atoms with Crippen molar-refractivity contribution in [2.75, 3.05) is 13.6 Å². The van der Waals surface area contributed by atoms with E-state index < -0.39 is 10.0 Å². The van der Waals surface area contributed by atoms with E-state index in [2.05, 4.69) is 5.32 Å². The van der Waals surface area contributed by atoms with Crippen LogP contribution in [0.15, 0.2) is 23.1 Å². The maximum absolute atomic E-state index is 12.9. The number of hydrogen-bond donors (Lipinski definition) is 1. The van der Waals surface area contributed by atoms with Crippen LogP contribution in [0.4, 0.5) is 0 Å². The minimum Gasteiger partial charge on any atom is -0.316 e. The predicted molar refractivity (Wildman–Crippen MR) is 86.0 cm³/mol. The number of nitrogens with one attached hydrogen (secondary N) is 1. The van der Waals surface area contributed by atoms with Crippen molar-refractivity contribution < 1.29 is 8.42 Å². The molecule has 0 saturated carbocycles. The second-order valence-electron chi connectivity index (χ2n) is 5.60. The average Bonchev–Trinajstić information content (AvgIpc) is 2.66. The lowest BCUT2D eigenvalue weighted by Crippen LogP contribution is -2.38. The van der Waals surface area contributed by atoms with E-state index >= 15 is 0 Å². The van der Waals surface area contributed by atoms with Gasteiger partial charge in [-0.2, -0.15) is 4.31 Å². The van der Waals surface area contributed by atoms with Crippen LogP contribution in [-0.2, 0) is 16.6 Å². The summed E-state index contributed by atoms with van der Waals surface area (Å²) in [6, 6.07) is 5.02. The van der Waals surface area contributed by atoms with Gasteiger partial charge in [0, 0.05) is 24.2 Å². The number of benzene rings is 1. The summed E-state index contributed by atoms with van der Waals surface area (Å²) in [6.07, 6.45) is 4.05. The largest absolute Gasteiger partial charge is 0.316 e. The van der Waals surface area contributed by atoms with Gasteiger partial charge in [-0.15, -0.1) is 0 Å². The molecule has 0 amide bonds. The molecule has 0 aromatic heterocycles. The molecule has 1 aromatic carbocycles. The summed E-state index contributed by atoms with van der Waals surface area (Å²) in [5.41, 5.74) is 0.808. The van der Waals surface area contributed by atoms with Crippen LogP contribution in [0, 0.1) is 0 Å². The van der Waals surface area contributed by atoms with Gasteiger partial charge >= 0.3 is 0 Å². The molecule has 1 aromatic rings. The fourth-order valence-electron chi connectivity index (χ4n) is 2.78. The van der Waals surface area contributed by atoms with Gasteiger partial charge in [-0.3, -0.25) is 0 Å². The Bertz CT molecular complexity index is 589. The lowest BCUT2D eigenvalue weighted by Gasteiger charge is -2.26. The fourth-order valence-corrected chi connectivity index (χ4v) is 4.71. The topological polar surface area (TPSA) is 49.4 Å². The molecule has 1 saturated heterocycles. The lowest BCUT2D eigenvalue weighted by atomic mass is 10.1. The quantitative estimate of drug-likeness (QED) is 0.923. The number of rotatable bonds is 4. The molecule has 1 aliphatic rings. The maximum atomic E-state index is 12.9. The Balaban J connectivity index is 2.36. The Labute approximate surface area is 132 Å². The van der Waals surface area contributed by atoms with Crippen LogP contribution < -0.4 is 5.32 Å². The Kier molecular flexibility index (Phi) is 5.66. The zero-order valence-electron chi connectivity index (χ0n) is 12.6. The number of nitrogens with zero attached hydrogens (tertiary/aromatic N) is 1. The average molecular weight is 331 g/mol. The van der Waals surface area contributed by atoms with Gasteiger partial charge < -0.3 is 5.32 Å². The van der Waals surface area contributed by atoms with Crippen LogP contribution in [0.1, 0.15) is 38.2 Å². The SMILES string of the molecule is CNCc1cc(S(=O)(=O)N2CCCCCC2C)ccc1Cl. The summed E-state index contributed by atoms with van der Waals surface area (Å²) in [5.74, 6) is 0. The van der Waals surface area contributed by atoms with E-state index in [9.17, 15) is 8.42 Å². The maximum Gasteiger partial charge on any atom is 0.243 e. The van der Waals surface area contributed by atoms with Crippen molar-refractivity contribution in [1.29, 1.82) is 0 Å². The second kappa shape index (κ2) is 7.09. The van der Waals surface area contributed by atoms with Gasteiger partial charge in [-0.25, -0.2) is 8.42 Å². The number of hydrogen-bond acceptors (Lipinski definition) is 3. The Morgan fingerprint density at radius 2 is 2.10 bits per heavy atom. The van der Waals surface area contributed by atoms with Crippen molar-refractivity contribution >= 4 is 21.6 Å². The Morgan fingerprint density at radius 1 is 1.33 bits per heavy atom. The zero-order valence-corrected chi connectivity index (χ0v) is 14.2. The van der Waals surface area contributed by atoms with Crippen LogP contribution in [0.25, 0.3) is 0 Å². The number of halogens is 1. The van der Waals surface area contributed by atoms with Gasteiger partial charge in [0.15, 0.2) is 0 Å². The van der Waals surface area contributed by atoms with Crippen molar-refractivity contribution in [3.63, 3.8) is 0 Å². The molecule has 1 N–H and O–H groups in total. The first-order valence-electron chi connectivity index (χ1n) is 7.41. The fraction of sp³-hybridized carbons (Fsp3) is 0.600. The van der Waals surface area contributed by atoms with Crippen molar-refractivity contribution in [1.82, 2.24) is 9.62 Å². The molecule has 1 unspecified atom stereocenters. The minimum atomic E-state index is -3.45. The highest BCUT2D eigenvalue weighted by atomic mass is 35.5. The Hall–Kier alpha value is -0.620. The zero-order chi connectivity index (χ0) is 15.5. The highest BCUT2D eigenvalue weighted by molar-refractivity contribution is 7.89. The van der Waals surface area contributed by atoms with E-state index in [1.807, 2.05) is 14.0 Å². The first-order chi connectivity index (χ1) is 9.96. The van der Waals surface area contributed by atoms with Gasteiger partial charge in [0.1, 0.15) is 0 Å². The molecule has 0 aliphatic carbocycles.